The topological polar surface area (TPSA) is 75.7 Å². The maximum Gasteiger partial charge on any atom is 0.228 e. The largest absolute Gasteiger partial charge is 0.495 e. The Hall–Kier alpha value is -1.60. The number of amides is 1. The van der Waals surface area contributed by atoms with Gasteiger partial charge in [-0.25, -0.2) is 12.7 Å². The van der Waals surface area contributed by atoms with Crippen LogP contribution in [0.15, 0.2) is 18.2 Å². The molecular formula is C15H22N2O4S. The van der Waals surface area contributed by atoms with Crippen molar-refractivity contribution in [2.75, 3.05) is 31.8 Å². The number of carbonyl (C=O) groups is 1. The number of rotatable bonds is 4. The van der Waals surface area contributed by atoms with Gasteiger partial charge in [-0.2, -0.15) is 0 Å². The summed E-state index contributed by atoms with van der Waals surface area (Å²) in [5.74, 6) is 0.0840. The highest BCUT2D eigenvalue weighted by molar-refractivity contribution is 7.88. The first-order valence-corrected chi connectivity index (χ1v) is 9.06. The van der Waals surface area contributed by atoms with E-state index in [-0.39, 0.29) is 18.4 Å². The number of sulfonamides is 1. The molecule has 1 fully saturated rings. The van der Waals surface area contributed by atoms with Gasteiger partial charge in [0.05, 0.1) is 25.0 Å². The van der Waals surface area contributed by atoms with Crippen molar-refractivity contribution in [3.05, 3.63) is 23.8 Å². The minimum absolute atomic E-state index is 0.169. The Bertz CT molecular complexity index is 658. The molecule has 7 heteroatoms. The van der Waals surface area contributed by atoms with E-state index in [0.29, 0.717) is 30.8 Å². The van der Waals surface area contributed by atoms with E-state index >= 15 is 0 Å². The number of nitrogens with zero attached hydrogens (tertiary/aromatic N) is 1. The monoisotopic (exact) mass is 326 g/mol. The number of methoxy groups -OCH3 is 1. The fourth-order valence-electron chi connectivity index (χ4n) is 2.61. The molecule has 0 bridgehead atoms. The highest BCUT2D eigenvalue weighted by atomic mass is 32.2. The van der Waals surface area contributed by atoms with Gasteiger partial charge < -0.3 is 10.1 Å². The van der Waals surface area contributed by atoms with E-state index in [1.165, 1.54) is 10.6 Å². The first-order chi connectivity index (χ1) is 10.3. The van der Waals surface area contributed by atoms with Gasteiger partial charge in [0.15, 0.2) is 0 Å². The summed E-state index contributed by atoms with van der Waals surface area (Å²) in [5, 5.41) is 2.86. The van der Waals surface area contributed by atoms with Gasteiger partial charge >= 0.3 is 0 Å². The van der Waals surface area contributed by atoms with Crippen LogP contribution in [0, 0.1) is 12.8 Å². The summed E-state index contributed by atoms with van der Waals surface area (Å²) in [6.07, 6.45) is 2.55. The van der Waals surface area contributed by atoms with E-state index in [0.717, 1.165) is 5.56 Å². The molecule has 1 N–H and O–H groups in total. The molecule has 0 aliphatic carbocycles. The predicted octanol–water partition coefficient (Wildman–Crippen LogP) is 1.61. The zero-order valence-corrected chi connectivity index (χ0v) is 13.9. The second kappa shape index (κ2) is 6.66. The Kier molecular flexibility index (Phi) is 5.08. The molecule has 2 rings (SSSR count). The molecule has 122 valence electrons. The maximum absolute atomic E-state index is 12.4. The second-order valence-electron chi connectivity index (χ2n) is 5.65. The van der Waals surface area contributed by atoms with Gasteiger partial charge in [0.25, 0.3) is 0 Å². The normalized spacial score (nSPS) is 19.7. The summed E-state index contributed by atoms with van der Waals surface area (Å²) in [4.78, 5) is 12.4. The zero-order chi connectivity index (χ0) is 16.3. The number of carbonyl (C=O) groups excluding carboxylic acids is 1. The summed E-state index contributed by atoms with van der Waals surface area (Å²) in [6, 6.07) is 5.54. The molecule has 1 aromatic carbocycles. The number of hydrogen-bond donors (Lipinski definition) is 1. The highest BCUT2D eigenvalue weighted by Crippen LogP contribution is 2.27. The molecular weight excluding hydrogens is 304 g/mol. The van der Waals surface area contributed by atoms with E-state index in [9.17, 15) is 13.2 Å². The summed E-state index contributed by atoms with van der Waals surface area (Å²) >= 11 is 0. The van der Waals surface area contributed by atoms with Gasteiger partial charge in [-0.15, -0.1) is 0 Å². The summed E-state index contributed by atoms with van der Waals surface area (Å²) in [5.41, 5.74) is 1.63. The highest BCUT2D eigenvalue weighted by Gasteiger charge is 2.30. The van der Waals surface area contributed by atoms with Gasteiger partial charge in [-0.1, -0.05) is 6.07 Å². The van der Waals surface area contributed by atoms with Crippen LogP contribution in [0.25, 0.3) is 0 Å². The first kappa shape index (κ1) is 16.8. The third-order valence-corrected chi connectivity index (χ3v) is 5.11. The predicted molar refractivity (Wildman–Crippen MR) is 85.5 cm³/mol. The lowest BCUT2D eigenvalue weighted by Gasteiger charge is -2.30. The molecule has 1 atom stereocenters. The van der Waals surface area contributed by atoms with Crippen LogP contribution in [-0.4, -0.2) is 45.1 Å². The van der Waals surface area contributed by atoms with Crippen LogP contribution in [0.5, 0.6) is 5.75 Å². The maximum atomic E-state index is 12.4. The molecule has 1 aromatic rings. The van der Waals surface area contributed by atoms with Crippen LogP contribution in [0.2, 0.25) is 0 Å². The van der Waals surface area contributed by atoms with Crippen molar-refractivity contribution in [2.24, 2.45) is 5.92 Å². The molecule has 1 saturated heterocycles. The van der Waals surface area contributed by atoms with Crippen molar-refractivity contribution in [1.82, 2.24) is 4.31 Å². The number of piperidine rings is 1. The molecule has 0 radical (unpaired) electrons. The Morgan fingerprint density at radius 1 is 1.41 bits per heavy atom. The summed E-state index contributed by atoms with van der Waals surface area (Å²) in [6.45, 7) is 2.65. The lowest BCUT2D eigenvalue weighted by Crippen LogP contribution is -2.43. The van der Waals surface area contributed by atoms with Crippen LogP contribution in [-0.2, 0) is 14.8 Å². The van der Waals surface area contributed by atoms with E-state index in [4.69, 9.17) is 4.74 Å². The minimum atomic E-state index is -3.26. The number of ether oxygens (including phenoxy) is 1. The van der Waals surface area contributed by atoms with Crippen LogP contribution in [0.4, 0.5) is 5.69 Å². The van der Waals surface area contributed by atoms with E-state index in [2.05, 4.69) is 5.32 Å². The molecule has 0 saturated carbocycles. The third kappa shape index (κ3) is 3.98. The van der Waals surface area contributed by atoms with E-state index < -0.39 is 10.0 Å². The van der Waals surface area contributed by atoms with Gasteiger partial charge in [-0.05, 0) is 37.5 Å². The number of nitrogens with one attached hydrogen (secondary N) is 1. The van der Waals surface area contributed by atoms with Crippen LogP contribution >= 0.6 is 0 Å². The Balaban J connectivity index is 2.11. The fraction of sp³-hybridized carbons (Fsp3) is 0.533. The Morgan fingerprint density at radius 2 is 2.14 bits per heavy atom. The average molecular weight is 326 g/mol. The van der Waals surface area contributed by atoms with Crippen molar-refractivity contribution >= 4 is 21.6 Å². The standard InChI is InChI=1S/C15H22N2O4S/c1-11-6-7-14(21-2)13(9-11)16-15(18)12-5-4-8-17(10-12)22(3,19)20/h6-7,9,12H,4-5,8,10H2,1-3H3,(H,16,18). The lowest BCUT2D eigenvalue weighted by molar-refractivity contribution is -0.120. The van der Waals surface area contributed by atoms with E-state index in [1.807, 2.05) is 19.1 Å². The molecule has 6 nitrogen and oxygen atoms in total. The van der Waals surface area contributed by atoms with E-state index in [1.54, 1.807) is 13.2 Å². The Morgan fingerprint density at radius 3 is 2.77 bits per heavy atom. The van der Waals surface area contributed by atoms with Crippen molar-refractivity contribution in [3.63, 3.8) is 0 Å². The molecule has 22 heavy (non-hydrogen) atoms. The van der Waals surface area contributed by atoms with Gasteiger partial charge in [0.2, 0.25) is 15.9 Å². The molecule has 1 aliphatic heterocycles. The van der Waals surface area contributed by atoms with Crippen molar-refractivity contribution in [2.45, 2.75) is 19.8 Å². The molecule has 0 spiro atoms. The number of aryl methyl sites for hydroxylation is 1. The molecule has 1 aliphatic rings. The minimum Gasteiger partial charge on any atom is -0.495 e. The lowest BCUT2D eigenvalue weighted by atomic mass is 9.98. The smallest absolute Gasteiger partial charge is 0.228 e. The molecule has 1 heterocycles. The van der Waals surface area contributed by atoms with Crippen LogP contribution < -0.4 is 10.1 Å². The van der Waals surface area contributed by atoms with Crippen molar-refractivity contribution in [3.8, 4) is 5.75 Å². The summed E-state index contributed by atoms with van der Waals surface area (Å²) < 4.78 is 29.9. The fourth-order valence-corrected chi connectivity index (χ4v) is 3.52. The zero-order valence-electron chi connectivity index (χ0n) is 13.1. The summed E-state index contributed by atoms with van der Waals surface area (Å²) in [7, 11) is -1.71. The quantitative estimate of drug-likeness (QED) is 0.912. The van der Waals surface area contributed by atoms with Gasteiger partial charge in [0, 0.05) is 13.1 Å². The molecule has 1 unspecified atom stereocenters. The van der Waals surface area contributed by atoms with Crippen molar-refractivity contribution < 1.29 is 17.9 Å². The Labute approximate surface area is 131 Å². The van der Waals surface area contributed by atoms with Crippen LogP contribution in [0.1, 0.15) is 18.4 Å². The number of hydrogen-bond acceptors (Lipinski definition) is 4. The first-order valence-electron chi connectivity index (χ1n) is 7.22. The number of benzene rings is 1. The van der Waals surface area contributed by atoms with Crippen molar-refractivity contribution in [1.29, 1.82) is 0 Å². The second-order valence-corrected chi connectivity index (χ2v) is 7.64. The van der Waals surface area contributed by atoms with Gasteiger partial charge in [-0.3, -0.25) is 4.79 Å². The number of anilines is 1. The molecule has 1 amide bonds. The molecule has 0 aromatic heterocycles. The average Bonchev–Trinajstić information content (AvgIpc) is 2.47. The van der Waals surface area contributed by atoms with Crippen LogP contribution in [0.3, 0.4) is 0 Å². The SMILES string of the molecule is COc1ccc(C)cc1NC(=O)C1CCCN(S(C)(=O)=O)C1. The van der Waals surface area contributed by atoms with Gasteiger partial charge in [0.1, 0.15) is 5.75 Å². The third-order valence-electron chi connectivity index (χ3n) is 3.84.